The van der Waals surface area contributed by atoms with E-state index in [4.69, 9.17) is 0 Å². The van der Waals surface area contributed by atoms with Crippen LogP contribution in [0.1, 0.15) is 19.7 Å². The number of anilines is 1. The Labute approximate surface area is 166 Å². The van der Waals surface area contributed by atoms with Crippen LogP contribution in [0.5, 0.6) is 0 Å². The second-order valence-corrected chi connectivity index (χ2v) is 7.45. The summed E-state index contributed by atoms with van der Waals surface area (Å²) in [6.07, 6.45) is 0. The lowest BCUT2D eigenvalue weighted by molar-refractivity contribution is -0.124. The molecule has 2 aromatic carbocycles. The minimum absolute atomic E-state index is 0.0489. The Hall–Kier alpha value is -2.67. The van der Waals surface area contributed by atoms with E-state index in [-0.39, 0.29) is 30.8 Å². The van der Waals surface area contributed by atoms with Crippen LogP contribution in [0.2, 0.25) is 0 Å². The number of para-hydroxylation sites is 2. The van der Waals surface area contributed by atoms with Crippen molar-refractivity contribution >= 4 is 44.5 Å². The molecule has 140 valence electrons. The van der Waals surface area contributed by atoms with Gasteiger partial charge in [-0.2, -0.15) is 0 Å². The van der Waals surface area contributed by atoms with E-state index in [2.05, 4.69) is 31.5 Å². The van der Waals surface area contributed by atoms with Gasteiger partial charge in [0.1, 0.15) is 12.4 Å². The van der Waals surface area contributed by atoms with Crippen molar-refractivity contribution in [2.24, 2.45) is 5.92 Å². The van der Waals surface area contributed by atoms with Crippen LogP contribution in [0.15, 0.2) is 53.0 Å². The van der Waals surface area contributed by atoms with E-state index in [0.29, 0.717) is 11.5 Å². The maximum Gasteiger partial charge on any atom is 0.244 e. The lowest BCUT2D eigenvalue weighted by atomic mass is 10.2. The zero-order valence-corrected chi connectivity index (χ0v) is 16.8. The highest BCUT2D eigenvalue weighted by molar-refractivity contribution is 9.10. The minimum atomic E-state index is -0.160. The molecule has 2 N–H and O–H groups in total. The molecule has 0 aliphatic heterocycles. The van der Waals surface area contributed by atoms with Crippen molar-refractivity contribution in [3.63, 3.8) is 0 Å². The lowest BCUT2D eigenvalue weighted by Crippen LogP contribution is -2.29. The molecule has 0 bridgehead atoms. The molecular weight excluding hydrogens is 408 g/mol. The molecule has 2 amide bonds. The molecule has 0 radical (unpaired) electrons. The van der Waals surface area contributed by atoms with Crippen LogP contribution in [0.3, 0.4) is 0 Å². The van der Waals surface area contributed by atoms with E-state index in [1.54, 1.807) is 0 Å². The quantitative estimate of drug-likeness (QED) is 0.628. The third-order valence-corrected chi connectivity index (χ3v) is 4.58. The van der Waals surface area contributed by atoms with Gasteiger partial charge >= 0.3 is 0 Å². The summed E-state index contributed by atoms with van der Waals surface area (Å²) in [6.45, 7) is 4.06. The van der Waals surface area contributed by atoms with E-state index >= 15 is 0 Å². The molecular formula is C20H21BrN4O2. The molecule has 0 fully saturated rings. The Bertz CT molecular complexity index is 981. The number of fused-ring (bicyclic) bond motifs is 1. The average molecular weight is 429 g/mol. The van der Waals surface area contributed by atoms with Gasteiger partial charge < -0.3 is 15.2 Å². The molecule has 3 rings (SSSR count). The van der Waals surface area contributed by atoms with Crippen LogP contribution in [0.25, 0.3) is 11.0 Å². The number of hydrogen-bond acceptors (Lipinski definition) is 3. The second kappa shape index (κ2) is 8.35. The minimum Gasteiger partial charge on any atom is -0.349 e. The topological polar surface area (TPSA) is 76.0 Å². The molecule has 1 heterocycles. The predicted octanol–water partition coefficient (Wildman–Crippen LogP) is 3.71. The summed E-state index contributed by atoms with van der Waals surface area (Å²) in [5.74, 6) is 0.331. The number of carbonyl (C=O) groups excluding carboxylic acids is 2. The number of imidazole rings is 1. The molecule has 1 aromatic heterocycles. The molecule has 27 heavy (non-hydrogen) atoms. The highest BCUT2D eigenvalue weighted by atomic mass is 79.9. The fourth-order valence-corrected chi connectivity index (χ4v) is 3.12. The molecule has 6 nitrogen and oxygen atoms in total. The zero-order chi connectivity index (χ0) is 19.4. The average Bonchev–Trinajstić information content (AvgIpc) is 2.97. The van der Waals surface area contributed by atoms with Crippen molar-refractivity contribution in [1.82, 2.24) is 14.9 Å². The first-order valence-electron chi connectivity index (χ1n) is 8.71. The monoisotopic (exact) mass is 428 g/mol. The summed E-state index contributed by atoms with van der Waals surface area (Å²) in [5, 5.41) is 5.76. The number of hydrogen-bond donors (Lipinski definition) is 2. The van der Waals surface area contributed by atoms with Crippen LogP contribution in [-0.4, -0.2) is 21.4 Å². The van der Waals surface area contributed by atoms with Crippen molar-refractivity contribution in [3.05, 3.63) is 58.8 Å². The summed E-state index contributed by atoms with van der Waals surface area (Å²) in [5.41, 5.74) is 2.37. The molecule has 0 saturated carbocycles. The first-order valence-corrected chi connectivity index (χ1v) is 9.50. The SMILES string of the molecule is CC(C)C(=O)NCc1nc2ccccc2n1CC(=O)Nc1cccc(Br)c1. The summed E-state index contributed by atoms with van der Waals surface area (Å²) in [4.78, 5) is 29.1. The van der Waals surface area contributed by atoms with Crippen molar-refractivity contribution in [1.29, 1.82) is 0 Å². The van der Waals surface area contributed by atoms with Crippen LogP contribution in [0.4, 0.5) is 5.69 Å². The van der Waals surface area contributed by atoms with Gasteiger partial charge in [-0.15, -0.1) is 0 Å². The maximum atomic E-state index is 12.6. The first-order chi connectivity index (χ1) is 12.9. The fraction of sp³-hybridized carbons (Fsp3) is 0.250. The molecule has 0 aliphatic carbocycles. The van der Waals surface area contributed by atoms with Gasteiger partial charge in [0.25, 0.3) is 0 Å². The number of rotatable bonds is 6. The highest BCUT2D eigenvalue weighted by Gasteiger charge is 2.15. The van der Waals surface area contributed by atoms with Crippen molar-refractivity contribution in [2.45, 2.75) is 26.9 Å². The van der Waals surface area contributed by atoms with Gasteiger partial charge in [0.05, 0.1) is 17.6 Å². The van der Waals surface area contributed by atoms with Crippen LogP contribution < -0.4 is 10.6 Å². The standard InChI is InChI=1S/C20H21BrN4O2/c1-13(2)20(27)22-11-18-24-16-8-3-4-9-17(16)25(18)12-19(26)23-15-7-5-6-14(21)10-15/h3-10,13H,11-12H2,1-2H3,(H,22,27)(H,23,26). The van der Waals surface area contributed by atoms with Crippen LogP contribution >= 0.6 is 15.9 Å². The van der Waals surface area contributed by atoms with Crippen molar-refractivity contribution in [3.8, 4) is 0 Å². The number of aromatic nitrogens is 2. The zero-order valence-electron chi connectivity index (χ0n) is 15.2. The van der Waals surface area contributed by atoms with E-state index in [1.165, 1.54) is 0 Å². The highest BCUT2D eigenvalue weighted by Crippen LogP contribution is 2.18. The van der Waals surface area contributed by atoms with Gasteiger partial charge in [-0.25, -0.2) is 4.98 Å². The van der Waals surface area contributed by atoms with E-state index in [1.807, 2.05) is 66.9 Å². The Morgan fingerprint density at radius 3 is 2.67 bits per heavy atom. The fourth-order valence-electron chi connectivity index (χ4n) is 2.72. The van der Waals surface area contributed by atoms with Gasteiger partial charge in [-0.05, 0) is 30.3 Å². The van der Waals surface area contributed by atoms with Gasteiger partial charge in [-0.3, -0.25) is 9.59 Å². The van der Waals surface area contributed by atoms with Crippen LogP contribution in [0, 0.1) is 5.92 Å². The normalized spacial score (nSPS) is 11.0. The van der Waals surface area contributed by atoms with Gasteiger partial charge in [0, 0.05) is 16.1 Å². The smallest absolute Gasteiger partial charge is 0.244 e. The Morgan fingerprint density at radius 1 is 1.15 bits per heavy atom. The molecule has 0 saturated heterocycles. The second-order valence-electron chi connectivity index (χ2n) is 6.53. The molecule has 7 heteroatoms. The number of carbonyl (C=O) groups is 2. The Kier molecular flexibility index (Phi) is 5.91. The molecule has 0 unspecified atom stereocenters. The molecule has 0 aliphatic rings. The summed E-state index contributed by atoms with van der Waals surface area (Å²) in [6, 6.07) is 15.1. The van der Waals surface area contributed by atoms with Gasteiger partial charge in [0.15, 0.2) is 0 Å². The predicted molar refractivity (Wildman–Crippen MR) is 109 cm³/mol. The number of nitrogens with zero attached hydrogens (tertiary/aromatic N) is 2. The van der Waals surface area contributed by atoms with E-state index in [0.717, 1.165) is 15.5 Å². The maximum absolute atomic E-state index is 12.6. The van der Waals surface area contributed by atoms with Crippen molar-refractivity contribution in [2.75, 3.05) is 5.32 Å². The Balaban J connectivity index is 1.82. The van der Waals surface area contributed by atoms with Crippen LogP contribution in [-0.2, 0) is 22.7 Å². The number of nitrogens with one attached hydrogen (secondary N) is 2. The van der Waals surface area contributed by atoms with E-state index in [9.17, 15) is 9.59 Å². The summed E-state index contributed by atoms with van der Waals surface area (Å²) >= 11 is 3.40. The van der Waals surface area contributed by atoms with Crippen molar-refractivity contribution < 1.29 is 9.59 Å². The molecule has 0 atom stereocenters. The van der Waals surface area contributed by atoms with Gasteiger partial charge in [0.2, 0.25) is 11.8 Å². The third kappa shape index (κ3) is 4.74. The first kappa shape index (κ1) is 19.1. The third-order valence-electron chi connectivity index (χ3n) is 4.09. The largest absolute Gasteiger partial charge is 0.349 e. The molecule has 0 spiro atoms. The number of amides is 2. The number of halogens is 1. The summed E-state index contributed by atoms with van der Waals surface area (Å²) in [7, 11) is 0. The summed E-state index contributed by atoms with van der Waals surface area (Å²) < 4.78 is 2.73. The van der Waals surface area contributed by atoms with Gasteiger partial charge in [-0.1, -0.05) is 48.0 Å². The Morgan fingerprint density at radius 2 is 1.93 bits per heavy atom. The lowest BCUT2D eigenvalue weighted by Gasteiger charge is -2.12. The van der Waals surface area contributed by atoms with E-state index < -0.39 is 0 Å². The molecule has 3 aromatic rings. The number of benzene rings is 2.